The summed E-state index contributed by atoms with van der Waals surface area (Å²) in [5, 5.41) is 23.3. The number of carbonyl (C=O) groups is 2. The Morgan fingerprint density at radius 1 is 0.318 bits per heavy atom. The van der Waals surface area contributed by atoms with Crippen molar-refractivity contribution in [1.82, 2.24) is 5.32 Å². The molecule has 3 N–H and O–H groups in total. The van der Waals surface area contributed by atoms with Gasteiger partial charge < -0.3 is 20.3 Å². The highest BCUT2D eigenvalue weighted by Gasteiger charge is 2.18. The van der Waals surface area contributed by atoms with Crippen LogP contribution in [0.2, 0.25) is 0 Å². The topological polar surface area (TPSA) is 95.9 Å². The fourth-order valence-corrected chi connectivity index (χ4v) is 12.5. The second-order valence-corrected chi connectivity index (χ2v) is 27.0. The Morgan fingerprint density at radius 2 is 0.553 bits per heavy atom. The lowest BCUT2D eigenvalue weighted by atomic mass is 10.0. The Balaban J connectivity index is 3.38. The van der Waals surface area contributed by atoms with Crippen LogP contribution in [0.25, 0.3) is 0 Å². The molecule has 2 unspecified atom stereocenters. The third-order valence-electron chi connectivity index (χ3n) is 18.5. The molecule has 0 rings (SSSR count). The average Bonchev–Trinajstić information content (AvgIpc) is 3.51. The molecule has 0 aromatic rings. The molecule has 0 aliphatic heterocycles. The number of hydrogen-bond acceptors (Lipinski definition) is 5. The van der Waals surface area contributed by atoms with E-state index >= 15 is 0 Å². The van der Waals surface area contributed by atoms with E-state index in [4.69, 9.17) is 4.74 Å². The van der Waals surface area contributed by atoms with E-state index in [1.54, 1.807) is 6.08 Å². The van der Waals surface area contributed by atoms with Gasteiger partial charge in [0.25, 0.3) is 0 Å². The van der Waals surface area contributed by atoms with E-state index in [9.17, 15) is 19.8 Å². The molecule has 6 nitrogen and oxygen atoms in total. The standard InChI is InChI=1S/C79H153NO5/c1-3-5-7-9-11-13-15-17-19-20-21-22-34-37-40-44-47-51-55-59-63-67-71-77(82)76(75-81)80-78(83)72-68-64-60-56-52-48-45-41-38-35-32-30-28-26-24-23-25-27-29-31-33-36-39-42-46-50-54-58-62-66-70-74-85-79(84)73-69-65-61-57-53-49-43-18-16-14-12-10-8-6-4-2/h25,27,67,71,76-77,81-82H,3-24,26,28-66,68-70,72-75H2,1-2H3,(H,80,83)/b27-25-,71-67+. The molecule has 0 spiro atoms. The fourth-order valence-electron chi connectivity index (χ4n) is 12.5. The summed E-state index contributed by atoms with van der Waals surface area (Å²) in [4.78, 5) is 24.6. The zero-order valence-corrected chi connectivity index (χ0v) is 57.9. The maximum Gasteiger partial charge on any atom is 0.305 e. The van der Waals surface area contributed by atoms with Gasteiger partial charge >= 0.3 is 5.97 Å². The summed E-state index contributed by atoms with van der Waals surface area (Å²) in [7, 11) is 0. The number of hydrogen-bond donors (Lipinski definition) is 3. The van der Waals surface area contributed by atoms with Crippen molar-refractivity contribution in [1.29, 1.82) is 0 Å². The van der Waals surface area contributed by atoms with E-state index in [1.807, 2.05) is 6.08 Å². The largest absolute Gasteiger partial charge is 0.466 e. The molecule has 0 radical (unpaired) electrons. The number of amides is 1. The SMILES string of the molecule is CCCCCCCCCCCCCCCCCCCCCC/C=C/C(O)C(CO)NC(=O)CCCCCCCCCCCCCCCCC/C=C\CCCCCCCCCCCCCCOC(=O)CCCCCCCCCCCCCCCCC. The molecule has 6 heteroatoms. The Labute approximate surface area is 532 Å². The molecular weight excluding hydrogens is 1040 g/mol. The molecular formula is C79H153NO5. The first kappa shape index (κ1) is 83.3. The van der Waals surface area contributed by atoms with Crippen molar-refractivity contribution in [2.45, 2.75) is 456 Å². The van der Waals surface area contributed by atoms with Crippen LogP contribution in [0.1, 0.15) is 444 Å². The number of nitrogens with one attached hydrogen (secondary N) is 1. The average molecular weight is 1200 g/mol. The minimum atomic E-state index is -0.844. The number of rotatable bonds is 74. The Bertz CT molecular complexity index is 1330. The maximum absolute atomic E-state index is 12.5. The van der Waals surface area contributed by atoms with Crippen molar-refractivity contribution >= 4 is 11.9 Å². The highest BCUT2D eigenvalue weighted by Crippen LogP contribution is 2.20. The van der Waals surface area contributed by atoms with Gasteiger partial charge in [-0.25, -0.2) is 0 Å². The second kappa shape index (κ2) is 74.8. The minimum absolute atomic E-state index is 0.0213. The molecule has 0 saturated carbocycles. The van der Waals surface area contributed by atoms with E-state index in [0.717, 1.165) is 38.5 Å². The van der Waals surface area contributed by atoms with Crippen molar-refractivity contribution in [2.24, 2.45) is 0 Å². The maximum atomic E-state index is 12.5. The van der Waals surface area contributed by atoms with E-state index in [0.29, 0.717) is 19.4 Å². The Kier molecular flexibility index (Phi) is 73.3. The van der Waals surface area contributed by atoms with Crippen LogP contribution in [-0.4, -0.2) is 47.4 Å². The summed E-state index contributed by atoms with van der Waals surface area (Å²) in [5.41, 5.74) is 0. The van der Waals surface area contributed by atoms with Crippen LogP contribution < -0.4 is 5.32 Å². The van der Waals surface area contributed by atoms with Gasteiger partial charge in [-0.2, -0.15) is 0 Å². The first-order valence-electron chi connectivity index (χ1n) is 39.1. The lowest BCUT2D eigenvalue weighted by Gasteiger charge is -2.20. The summed E-state index contributed by atoms with van der Waals surface area (Å²) in [6, 6.07) is -0.627. The highest BCUT2D eigenvalue weighted by atomic mass is 16.5. The molecule has 0 aromatic heterocycles. The highest BCUT2D eigenvalue weighted by molar-refractivity contribution is 5.76. The number of unbranched alkanes of at least 4 members (excludes halogenated alkanes) is 61. The lowest BCUT2D eigenvalue weighted by Crippen LogP contribution is -2.45. The van der Waals surface area contributed by atoms with Crippen molar-refractivity contribution in [3.8, 4) is 0 Å². The number of allylic oxidation sites excluding steroid dienone is 3. The molecule has 2 atom stereocenters. The van der Waals surface area contributed by atoms with Gasteiger partial charge in [-0.3, -0.25) is 9.59 Å². The zero-order chi connectivity index (χ0) is 61.3. The Hall–Kier alpha value is -1.66. The van der Waals surface area contributed by atoms with Crippen molar-refractivity contribution in [2.75, 3.05) is 13.2 Å². The molecule has 0 saturated heterocycles. The minimum Gasteiger partial charge on any atom is -0.466 e. The van der Waals surface area contributed by atoms with Gasteiger partial charge in [-0.1, -0.05) is 398 Å². The summed E-state index contributed by atoms with van der Waals surface area (Å²) < 4.78 is 5.50. The molecule has 1 amide bonds. The quantitative estimate of drug-likeness (QED) is 0.0320. The van der Waals surface area contributed by atoms with Gasteiger partial charge in [0.2, 0.25) is 5.91 Å². The van der Waals surface area contributed by atoms with Crippen molar-refractivity contribution in [3.63, 3.8) is 0 Å². The van der Waals surface area contributed by atoms with Crippen LogP contribution in [0.4, 0.5) is 0 Å². The summed E-state index contributed by atoms with van der Waals surface area (Å²) in [6.45, 7) is 4.96. The molecule has 504 valence electrons. The second-order valence-electron chi connectivity index (χ2n) is 27.0. The first-order chi connectivity index (χ1) is 42.0. The van der Waals surface area contributed by atoms with Crippen molar-refractivity contribution < 1.29 is 24.5 Å². The van der Waals surface area contributed by atoms with E-state index in [-0.39, 0.29) is 18.5 Å². The van der Waals surface area contributed by atoms with Gasteiger partial charge in [-0.05, 0) is 57.8 Å². The monoisotopic (exact) mass is 1200 g/mol. The summed E-state index contributed by atoms with van der Waals surface area (Å²) >= 11 is 0. The normalized spacial score (nSPS) is 12.6. The predicted molar refractivity (Wildman–Crippen MR) is 375 cm³/mol. The van der Waals surface area contributed by atoms with Gasteiger partial charge in [-0.15, -0.1) is 0 Å². The van der Waals surface area contributed by atoms with Gasteiger partial charge in [0, 0.05) is 12.8 Å². The van der Waals surface area contributed by atoms with Gasteiger partial charge in [0.05, 0.1) is 25.4 Å². The van der Waals surface area contributed by atoms with E-state index in [1.165, 1.54) is 379 Å². The molecule has 85 heavy (non-hydrogen) atoms. The number of carbonyl (C=O) groups excluding carboxylic acids is 2. The van der Waals surface area contributed by atoms with E-state index < -0.39 is 12.1 Å². The van der Waals surface area contributed by atoms with Crippen LogP contribution >= 0.6 is 0 Å². The molecule has 0 aromatic carbocycles. The van der Waals surface area contributed by atoms with Gasteiger partial charge in [0.1, 0.15) is 0 Å². The number of aliphatic hydroxyl groups is 2. The molecule has 0 aliphatic rings. The van der Waals surface area contributed by atoms with Crippen LogP contribution in [0.15, 0.2) is 24.3 Å². The first-order valence-corrected chi connectivity index (χ1v) is 39.1. The van der Waals surface area contributed by atoms with Crippen LogP contribution in [0, 0.1) is 0 Å². The zero-order valence-electron chi connectivity index (χ0n) is 57.9. The van der Waals surface area contributed by atoms with Gasteiger partial charge in [0.15, 0.2) is 0 Å². The Morgan fingerprint density at radius 3 is 0.835 bits per heavy atom. The molecule has 0 aliphatic carbocycles. The number of esters is 1. The molecule has 0 heterocycles. The van der Waals surface area contributed by atoms with E-state index in [2.05, 4.69) is 31.3 Å². The summed E-state index contributed by atoms with van der Waals surface area (Å²) in [6.07, 6.45) is 95.8. The smallest absolute Gasteiger partial charge is 0.305 e. The predicted octanol–water partition coefficient (Wildman–Crippen LogP) is 25.7. The lowest BCUT2D eigenvalue weighted by molar-refractivity contribution is -0.143. The van der Waals surface area contributed by atoms with Crippen LogP contribution in [-0.2, 0) is 14.3 Å². The third-order valence-corrected chi connectivity index (χ3v) is 18.5. The third kappa shape index (κ3) is 71.3. The van der Waals surface area contributed by atoms with Crippen LogP contribution in [0.5, 0.6) is 0 Å². The molecule has 0 fully saturated rings. The van der Waals surface area contributed by atoms with Crippen LogP contribution in [0.3, 0.4) is 0 Å². The summed E-state index contributed by atoms with van der Waals surface area (Å²) in [5.74, 6) is -0.0397. The number of ether oxygens (including phenoxy) is 1. The fraction of sp³-hybridized carbons (Fsp3) is 0.924. The molecule has 0 bridgehead atoms. The number of aliphatic hydroxyl groups excluding tert-OH is 2. The van der Waals surface area contributed by atoms with Crippen molar-refractivity contribution in [3.05, 3.63) is 24.3 Å².